The van der Waals surface area contributed by atoms with Crippen LogP contribution in [0.25, 0.3) is 0 Å². The van der Waals surface area contributed by atoms with Crippen molar-refractivity contribution in [3.8, 4) is 5.75 Å². The SMILES string of the molecule is CCOc1ccc(NC(=O)CSc2ccc(C(C)(C)C)cc2)cc1. The normalized spacial score (nSPS) is 11.2. The third kappa shape index (κ3) is 5.60. The summed E-state index contributed by atoms with van der Waals surface area (Å²) in [5.74, 6) is 1.19. The van der Waals surface area contributed by atoms with Gasteiger partial charge in [0.2, 0.25) is 5.91 Å². The third-order valence-electron chi connectivity index (χ3n) is 3.54. The number of ether oxygens (including phenoxy) is 1. The Hall–Kier alpha value is -1.94. The van der Waals surface area contributed by atoms with Crippen LogP contribution in [0.1, 0.15) is 33.3 Å². The van der Waals surface area contributed by atoms with Gasteiger partial charge in [-0.3, -0.25) is 4.79 Å². The van der Waals surface area contributed by atoms with Gasteiger partial charge in [0.1, 0.15) is 5.75 Å². The number of amides is 1. The smallest absolute Gasteiger partial charge is 0.234 e. The van der Waals surface area contributed by atoms with Gasteiger partial charge in [-0.25, -0.2) is 0 Å². The molecule has 0 heterocycles. The van der Waals surface area contributed by atoms with E-state index in [1.807, 2.05) is 31.2 Å². The van der Waals surface area contributed by atoms with Crippen molar-refractivity contribution in [1.29, 1.82) is 0 Å². The average molecular weight is 343 g/mol. The molecule has 0 unspecified atom stereocenters. The summed E-state index contributed by atoms with van der Waals surface area (Å²) in [5.41, 5.74) is 2.23. The quantitative estimate of drug-likeness (QED) is 0.740. The molecule has 1 N–H and O–H groups in total. The van der Waals surface area contributed by atoms with Gasteiger partial charge < -0.3 is 10.1 Å². The Balaban J connectivity index is 1.84. The zero-order valence-corrected chi connectivity index (χ0v) is 15.6. The van der Waals surface area contributed by atoms with Crippen LogP contribution < -0.4 is 10.1 Å². The van der Waals surface area contributed by atoms with Crippen LogP contribution in [0.15, 0.2) is 53.4 Å². The third-order valence-corrected chi connectivity index (χ3v) is 4.55. The minimum absolute atomic E-state index is 0.0101. The molecule has 128 valence electrons. The number of carbonyl (C=O) groups excluding carboxylic acids is 1. The second-order valence-corrected chi connectivity index (χ2v) is 7.62. The van der Waals surface area contributed by atoms with E-state index < -0.39 is 0 Å². The molecule has 0 fully saturated rings. The van der Waals surface area contributed by atoms with Gasteiger partial charge >= 0.3 is 0 Å². The summed E-state index contributed by atoms with van der Waals surface area (Å²) in [7, 11) is 0. The number of rotatable bonds is 6. The average Bonchev–Trinajstić information content (AvgIpc) is 2.55. The molecule has 2 rings (SSSR count). The minimum atomic E-state index is -0.0101. The molecule has 3 nitrogen and oxygen atoms in total. The Morgan fingerprint density at radius 1 is 1.04 bits per heavy atom. The maximum atomic E-state index is 12.1. The molecule has 0 radical (unpaired) electrons. The molecular formula is C20H25NO2S. The zero-order chi connectivity index (χ0) is 17.6. The maximum Gasteiger partial charge on any atom is 0.234 e. The number of nitrogens with one attached hydrogen (secondary N) is 1. The van der Waals surface area contributed by atoms with Crippen LogP contribution in [-0.4, -0.2) is 18.3 Å². The highest BCUT2D eigenvalue weighted by Crippen LogP contribution is 2.25. The van der Waals surface area contributed by atoms with Crippen LogP contribution in [-0.2, 0) is 10.2 Å². The molecule has 2 aromatic rings. The first-order valence-corrected chi connectivity index (χ1v) is 9.13. The first kappa shape index (κ1) is 18.4. The topological polar surface area (TPSA) is 38.3 Å². The lowest BCUT2D eigenvalue weighted by Crippen LogP contribution is -2.14. The van der Waals surface area contributed by atoms with Crippen molar-refractivity contribution in [1.82, 2.24) is 0 Å². The van der Waals surface area contributed by atoms with Gasteiger partial charge in [-0.1, -0.05) is 32.9 Å². The van der Waals surface area contributed by atoms with Crippen molar-refractivity contribution in [3.63, 3.8) is 0 Å². The van der Waals surface area contributed by atoms with Gasteiger partial charge in [-0.05, 0) is 54.3 Å². The van der Waals surface area contributed by atoms with Gasteiger partial charge in [-0.15, -0.1) is 11.8 Å². The van der Waals surface area contributed by atoms with Gasteiger partial charge in [0.15, 0.2) is 0 Å². The lowest BCUT2D eigenvalue weighted by Gasteiger charge is -2.19. The van der Waals surface area contributed by atoms with Crippen molar-refractivity contribution in [3.05, 3.63) is 54.1 Å². The molecule has 0 saturated carbocycles. The van der Waals surface area contributed by atoms with Crippen molar-refractivity contribution < 1.29 is 9.53 Å². The second kappa shape index (κ2) is 8.25. The van der Waals surface area contributed by atoms with E-state index in [1.165, 1.54) is 5.56 Å². The van der Waals surface area contributed by atoms with E-state index in [2.05, 4.69) is 50.4 Å². The van der Waals surface area contributed by atoms with E-state index >= 15 is 0 Å². The van der Waals surface area contributed by atoms with E-state index in [4.69, 9.17) is 4.74 Å². The predicted octanol–water partition coefficient (Wildman–Crippen LogP) is 5.11. The Bertz CT molecular complexity index is 658. The number of carbonyl (C=O) groups is 1. The highest BCUT2D eigenvalue weighted by Gasteiger charge is 2.13. The Kier molecular flexibility index (Phi) is 6.32. The zero-order valence-electron chi connectivity index (χ0n) is 14.8. The highest BCUT2D eigenvalue weighted by molar-refractivity contribution is 8.00. The summed E-state index contributed by atoms with van der Waals surface area (Å²) >= 11 is 1.54. The van der Waals surface area contributed by atoms with E-state index in [1.54, 1.807) is 11.8 Å². The lowest BCUT2D eigenvalue weighted by molar-refractivity contribution is -0.113. The first-order valence-electron chi connectivity index (χ1n) is 8.14. The van der Waals surface area contributed by atoms with Gasteiger partial charge in [0, 0.05) is 10.6 Å². The van der Waals surface area contributed by atoms with Crippen molar-refractivity contribution in [2.45, 2.75) is 38.0 Å². The van der Waals surface area contributed by atoms with Crippen LogP contribution in [0.4, 0.5) is 5.69 Å². The predicted molar refractivity (Wildman–Crippen MR) is 102 cm³/mol. The Morgan fingerprint density at radius 3 is 2.21 bits per heavy atom. The lowest BCUT2D eigenvalue weighted by atomic mass is 9.87. The monoisotopic (exact) mass is 343 g/mol. The number of hydrogen-bond acceptors (Lipinski definition) is 3. The Morgan fingerprint density at radius 2 is 1.67 bits per heavy atom. The number of thioether (sulfide) groups is 1. The summed E-state index contributed by atoms with van der Waals surface area (Å²) in [4.78, 5) is 13.2. The number of benzene rings is 2. The fourth-order valence-corrected chi connectivity index (χ4v) is 2.90. The number of anilines is 1. The molecule has 0 saturated heterocycles. The molecular weight excluding hydrogens is 318 g/mol. The largest absolute Gasteiger partial charge is 0.494 e. The fraction of sp³-hybridized carbons (Fsp3) is 0.350. The van der Waals surface area contributed by atoms with E-state index in [9.17, 15) is 4.79 Å². The van der Waals surface area contributed by atoms with Crippen molar-refractivity contribution in [2.75, 3.05) is 17.7 Å². The number of hydrogen-bond donors (Lipinski definition) is 1. The molecule has 24 heavy (non-hydrogen) atoms. The van der Waals surface area contributed by atoms with E-state index in [0.29, 0.717) is 12.4 Å². The van der Waals surface area contributed by atoms with Gasteiger partial charge in [0.25, 0.3) is 0 Å². The molecule has 0 spiro atoms. The highest BCUT2D eigenvalue weighted by atomic mass is 32.2. The van der Waals surface area contributed by atoms with Crippen molar-refractivity contribution >= 4 is 23.4 Å². The summed E-state index contributed by atoms with van der Waals surface area (Å²) in [6.45, 7) is 9.16. The summed E-state index contributed by atoms with van der Waals surface area (Å²) in [6.07, 6.45) is 0. The molecule has 4 heteroatoms. The van der Waals surface area contributed by atoms with Crippen LogP contribution in [0, 0.1) is 0 Å². The molecule has 0 aromatic heterocycles. The molecule has 0 aliphatic heterocycles. The van der Waals surface area contributed by atoms with Crippen LogP contribution >= 0.6 is 11.8 Å². The molecule has 0 aliphatic rings. The van der Waals surface area contributed by atoms with Crippen LogP contribution in [0.5, 0.6) is 5.75 Å². The van der Waals surface area contributed by atoms with E-state index in [0.717, 1.165) is 16.3 Å². The van der Waals surface area contributed by atoms with Crippen LogP contribution in [0.3, 0.4) is 0 Å². The first-order chi connectivity index (χ1) is 11.4. The van der Waals surface area contributed by atoms with Gasteiger partial charge in [0.05, 0.1) is 12.4 Å². The molecule has 0 atom stereocenters. The molecule has 1 amide bonds. The summed E-state index contributed by atoms with van der Waals surface area (Å²) in [5, 5.41) is 2.90. The van der Waals surface area contributed by atoms with Crippen LogP contribution in [0.2, 0.25) is 0 Å². The fourth-order valence-electron chi connectivity index (χ4n) is 2.20. The summed E-state index contributed by atoms with van der Waals surface area (Å²) in [6, 6.07) is 15.8. The molecule has 0 aliphatic carbocycles. The molecule has 2 aromatic carbocycles. The second-order valence-electron chi connectivity index (χ2n) is 6.57. The van der Waals surface area contributed by atoms with Crippen molar-refractivity contribution in [2.24, 2.45) is 0 Å². The minimum Gasteiger partial charge on any atom is -0.494 e. The Labute approximate surface area is 148 Å². The van der Waals surface area contributed by atoms with E-state index in [-0.39, 0.29) is 11.3 Å². The van der Waals surface area contributed by atoms with Gasteiger partial charge in [-0.2, -0.15) is 0 Å². The standard InChI is InChI=1S/C20H25NO2S/c1-5-23-17-10-8-16(9-11-17)21-19(22)14-24-18-12-6-15(7-13-18)20(2,3)4/h6-13H,5,14H2,1-4H3,(H,21,22). The maximum absolute atomic E-state index is 12.1. The summed E-state index contributed by atoms with van der Waals surface area (Å²) < 4.78 is 5.39. The molecule has 0 bridgehead atoms.